The molecule has 0 aromatic carbocycles. The number of nitrogens with two attached hydrogens (primary N) is 1. The molecule has 168 valence electrons. The summed E-state index contributed by atoms with van der Waals surface area (Å²) in [5.74, 6) is 2.04. The van der Waals surface area contributed by atoms with E-state index in [0.29, 0.717) is 47.4 Å². The van der Waals surface area contributed by atoms with E-state index in [-0.39, 0.29) is 17.0 Å². The molecule has 5 rings (SSSR count). The van der Waals surface area contributed by atoms with E-state index in [1.54, 1.807) is 17.0 Å². The summed E-state index contributed by atoms with van der Waals surface area (Å²) in [6.45, 7) is 5.01. The van der Waals surface area contributed by atoms with E-state index in [0.717, 1.165) is 24.2 Å². The molecule has 0 radical (unpaired) electrons. The van der Waals surface area contributed by atoms with Gasteiger partial charge in [-0.2, -0.15) is 0 Å². The number of aromatic nitrogens is 3. The molecule has 0 saturated carbocycles. The quantitative estimate of drug-likeness (QED) is 0.669. The molecule has 2 atom stereocenters. The summed E-state index contributed by atoms with van der Waals surface area (Å²) in [5, 5.41) is 0.130. The second-order valence-electron chi connectivity index (χ2n) is 8.63. The zero-order chi connectivity index (χ0) is 22.6. The molecule has 2 N–H and O–H groups in total. The number of fused-ring (bicyclic) bond motifs is 1. The summed E-state index contributed by atoms with van der Waals surface area (Å²) >= 11 is 12.7. The first-order valence-corrected chi connectivity index (χ1v) is 11.6. The average Bonchev–Trinajstić information content (AvgIpc) is 3.06. The monoisotopic (exact) mass is 473 g/mol. The maximum atomic E-state index is 13.3. The Balaban J connectivity index is 1.43. The number of pyridine rings is 1. The van der Waals surface area contributed by atoms with E-state index in [4.69, 9.17) is 38.7 Å². The highest BCUT2D eigenvalue weighted by molar-refractivity contribution is 6.39. The molecule has 2 aromatic heterocycles. The number of aryl methyl sites for hydroxylation is 1. The Hall–Kier alpha value is -2.35. The molecule has 3 aliphatic rings. The first-order valence-electron chi connectivity index (χ1n) is 10.8. The number of nitrogens with zero attached hydrogens (tertiary/aromatic N) is 4. The zero-order valence-corrected chi connectivity index (χ0v) is 19.5. The van der Waals surface area contributed by atoms with Crippen LogP contribution in [0.15, 0.2) is 40.4 Å². The Bertz CT molecular complexity index is 1200. The first kappa shape index (κ1) is 21.5. The van der Waals surface area contributed by atoms with Crippen LogP contribution in [0.2, 0.25) is 0 Å². The second kappa shape index (κ2) is 7.90. The van der Waals surface area contributed by atoms with Crippen LogP contribution in [0.1, 0.15) is 42.3 Å². The maximum Gasteiger partial charge on any atom is 0.263 e. The number of piperidine rings is 1. The molecule has 1 spiro atoms. The molecule has 2 aliphatic heterocycles. The van der Waals surface area contributed by atoms with Gasteiger partial charge in [0.1, 0.15) is 23.0 Å². The van der Waals surface area contributed by atoms with Crippen LogP contribution in [0.5, 0.6) is 5.75 Å². The van der Waals surface area contributed by atoms with Crippen molar-refractivity contribution in [2.45, 2.75) is 50.1 Å². The minimum Gasteiger partial charge on any atom is -0.483 e. The van der Waals surface area contributed by atoms with Gasteiger partial charge in [-0.3, -0.25) is 14.3 Å². The summed E-state index contributed by atoms with van der Waals surface area (Å²) in [7, 11) is 0. The predicted octanol–water partition coefficient (Wildman–Crippen LogP) is 3.66. The van der Waals surface area contributed by atoms with Crippen molar-refractivity contribution >= 4 is 34.7 Å². The van der Waals surface area contributed by atoms with Gasteiger partial charge in [-0.25, -0.2) is 4.98 Å². The fourth-order valence-corrected chi connectivity index (χ4v) is 5.37. The lowest BCUT2D eigenvalue weighted by Gasteiger charge is -2.41. The van der Waals surface area contributed by atoms with Crippen LogP contribution in [0.4, 0.5) is 5.82 Å². The molecule has 0 amide bonds. The summed E-state index contributed by atoms with van der Waals surface area (Å²) in [4.78, 5) is 24.4. The minimum absolute atomic E-state index is 0.136. The molecule has 1 unspecified atom stereocenters. The van der Waals surface area contributed by atoms with Gasteiger partial charge in [-0.1, -0.05) is 17.7 Å². The molecule has 1 fully saturated rings. The molecular weight excluding hydrogens is 449 g/mol. The highest BCUT2D eigenvalue weighted by Gasteiger charge is 2.48. The Morgan fingerprint density at radius 2 is 2.03 bits per heavy atom. The van der Waals surface area contributed by atoms with Crippen molar-refractivity contribution < 1.29 is 4.74 Å². The minimum atomic E-state index is -0.444. The van der Waals surface area contributed by atoms with Crippen LogP contribution in [0.3, 0.4) is 0 Å². The number of hydrogen-bond acceptors (Lipinski definition) is 6. The molecule has 9 heteroatoms. The SMILES string of the molecule is Cc1c(N2CCC3(CC2)Oc2cnccc2[C@H]3N)nc(C)n(C2=C(Cl)C(Cl)CC=C2)c1=O. The van der Waals surface area contributed by atoms with Crippen molar-refractivity contribution in [3.8, 4) is 5.75 Å². The smallest absolute Gasteiger partial charge is 0.263 e. The number of ether oxygens (including phenoxy) is 1. The number of allylic oxidation sites excluding steroid dienone is 4. The highest BCUT2D eigenvalue weighted by atomic mass is 35.5. The van der Waals surface area contributed by atoms with Crippen LogP contribution in [-0.4, -0.2) is 38.6 Å². The molecule has 1 aliphatic carbocycles. The number of halogens is 2. The standard InChI is InChI=1S/C23H25Cl2N5O2/c1-13-21(28-14(2)30(22(13)31)17-5-3-4-16(24)19(17)25)29-10-7-23(8-11-29)20(26)15-6-9-27-12-18(15)32-23/h3,5-6,9,12,16,20H,4,7-8,10-11,26H2,1-2H3/t16?,20-/m1/s1. The van der Waals surface area contributed by atoms with Crippen LogP contribution in [0, 0.1) is 13.8 Å². The fourth-order valence-electron chi connectivity index (χ4n) is 4.92. The van der Waals surface area contributed by atoms with E-state index in [2.05, 4.69) is 9.88 Å². The van der Waals surface area contributed by atoms with E-state index in [1.165, 1.54) is 0 Å². The van der Waals surface area contributed by atoms with Gasteiger partial charge in [0, 0.05) is 37.7 Å². The van der Waals surface area contributed by atoms with Crippen molar-refractivity contribution in [1.82, 2.24) is 14.5 Å². The highest BCUT2D eigenvalue weighted by Crippen LogP contribution is 2.47. The molecule has 7 nitrogen and oxygen atoms in total. The fraction of sp³-hybridized carbons (Fsp3) is 0.435. The molecule has 2 aromatic rings. The van der Waals surface area contributed by atoms with Gasteiger partial charge < -0.3 is 15.4 Å². The van der Waals surface area contributed by atoms with E-state index >= 15 is 0 Å². The zero-order valence-electron chi connectivity index (χ0n) is 18.0. The van der Waals surface area contributed by atoms with Crippen molar-refractivity contribution in [3.05, 3.63) is 62.9 Å². The van der Waals surface area contributed by atoms with Crippen LogP contribution in [-0.2, 0) is 0 Å². The summed E-state index contributed by atoms with van der Waals surface area (Å²) < 4.78 is 7.84. The van der Waals surface area contributed by atoms with E-state index in [1.807, 2.05) is 32.1 Å². The molecular formula is C23H25Cl2N5O2. The van der Waals surface area contributed by atoms with Crippen molar-refractivity contribution in [2.24, 2.45) is 5.73 Å². The lowest BCUT2D eigenvalue weighted by Crippen LogP contribution is -2.52. The van der Waals surface area contributed by atoms with Crippen LogP contribution < -0.4 is 20.9 Å². The van der Waals surface area contributed by atoms with E-state index < -0.39 is 5.60 Å². The van der Waals surface area contributed by atoms with Gasteiger partial charge >= 0.3 is 0 Å². The maximum absolute atomic E-state index is 13.3. The van der Waals surface area contributed by atoms with E-state index in [9.17, 15) is 4.79 Å². The molecule has 1 saturated heterocycles. The molecule has 32 heavy (non-hydrogen) atoms. The van der Waals surface area contributed by atoms with Crippen LogP contribution in [0.25, 0.3) is 5.70 Å². The van der Waals surface area contributed by atoms with Gasteiger partial charge in [0.15, 0.2) is 0 Å². The van der Waals surface area contributed by atoms with Gasteiger partial charge in [-0.15, -0.1) is 11.6 Å². The van der Waals surface area contributed by atoms with Gasteiger partial charge in [-0.05, 0) is 32.4 Å². The summed E-state index contributed by atoms with van der Waals surface area (Å²) in [6, 6.07) is 1.74. The largest absolute Gasteiger partial charge is 0.483 e. The Morgan fingerprint density at radius 1 is 1.28 bits per heavy atom. The Labute approximate surface area is 196 Å². The number of alkyl halides is 1. The van der Waals surface area contributed by atoms with Crippen molar-refractivity contribution in [1.29, 1.82) is 0 Å². The summed E-state index contributed by atoms with van der Waals surface area (Å²) in [5.41, 5.74) is 8.17. The van der Waals surface area contributed by atoms with Crippen molar-refractivity contribution in [3.63, 3.8) is 0 Å². The van der Waals surface area contributed by atoms with Gasteiger partial charge in [0.25, 0.3) is 5.56 Å². The van der Waals surface area contributed by atoms with Gasteiger partial charge in [0.2, 0.25) is 0 Å². The van der Waals surface area contributed by atoms with Gasteiger partial charge in [0.05, 0.1) is 33.9 Å². The first-order chi connectivity index (χ1) is 15.3. The topological polar surface area (TPSA) is 86.3 Å². The molecule has 4 heterocycles. The van der Waals surface area contributed by atoms with Crippen molar-refractivity contribution in [2.75, 3.05) is 18.0 Å². The number of hydrogen-bond donors (Lipinski definition) is 1. The van der Waals surface area contributed by atoms with Crippen LogP contribution >= 0.6 is 23.2 Å². The molecule has 0 bridgehead atoms. The lowest BCUT2D eigenvalue weighted by molar-refractivity contribution is 0.0428. The summed E-state index contributed by atoms with van der Waals surface area (Å²) in [6.07, 6.45) is 9.36. The second-order valence-corrected chi connectivity index (χ2v) is 9.57. The number of anilines is 1. The predicted molar refractivity (Wildman–Crippen MR) is 126 cm³/mol. The Morgan fingerprint density at radius 3 is 2.75 bits per heavy atom. The third kappa shape index (κ3) is 3.26. The third-order valence-corrected chi connectivity index (χ3v) is 7.74. The lowest BCUT2D eigenvalue weighted by atomic mass is 9.83. The average molecular weight is 474 g/mol. The third-order valence-electron chi connectivity index (χ3n) is 6.77. The number of rotatable bonds is 2. The normalized spacial score (nSPS) is 24.1. The Kier molecular flexibility index (Phi) is 5.31.